The second-order valence-electron chi connectivity index (χ2n) is 5.15. The molecule has 0 saturated carbocycles. The molecule has 0 fully saturated rings. The highest BCUT2D eigenvalue weighted by Crippen LogP contribution is 2.38. The zero-order valence-corrected chi connectivity index (χ0v) is 16.4. The molecule has 0 bridgehead atoms. The van der Waals surface area contributed by atoms with Crippen LogP contribution in [-0.2, 0) is 16.6 Å². The number of nitrogens with one attached hydrogen (secondary N) is 1. The van der Waals surface area contributed by atoms with Gasteiger partial charge >= 0.3 is 0 Å². The first kappa shape index (κ1) is 20.2. The number of ether oxygens (including phenoxy) is 4. The van der Waals surface area contributed by atoms with Gasteiger partial charge in [-0.3, -0.25) is 0 Å². The first-order chi connectivity index (χ1) is 12.4. The van der Waals surface area contributed by atoms with Gasteiger partial charge in [-0.1, -0.05) is 11.6 Å². The number of rotatable bonds is 8. The van der Waals surface area contributed by atoms with Gasteiger partial charge in [-0.05, 0) is 35.9 Å². The van der Waals surface area contributed by atoms with Crippen molar-refractivity contribution < 1.29 is 27.4 Å². The minimum atomic E-state index is -3.76. The van der Waals surface area contributed by atoms with Crippen LogP contribution >= 0.6 is 11.6 Å². The fraction of sp³-hybridized carbons (Fsp3) is 0.294. The van der Waals surface area contributed by atoms with Crippen LogP contribution in [-0.4, -0.2) is 36.9 Å². The van der Waals surface area contributed by atoms with E-state index in [1.54, 1.807) is 12.1 Å². The van der Waals surface area contributed by atoms with Gasteiger partial charge in [0.1, 0.15) is 5.75 Å². The second kappa shape index (κ2) is 8.48. The molecule has 9 heteroatoms. The molecule has 0 atom stereocenters. The van der Waals surface area contributed by atoms with Crippen LogP contribution in [0.1, 0.15) is 5.56 Å². The Morgan fingerprint density at radius 3 is 1.92 bits per heavy atom. The Hall–Kier alpha value is -2.16. The van der Waals surface area contributed by atoms with Gasteiger partial charge in [0, 0.05) is 6.54 Å². The van der Waals surface area contributed by atoms with Crippen molar-refractivity contribution in [1.82, 2.24) is 4.72 Å². The van der Waals surface area contributed by atoms with Crippen LogP contribution in [0.15, 0.2) is 35.2 Å². The molecule has 142 valence electrons. The molecule has 0 spiro atoms. The SMILES string of the molecule is COc1ccc(S(=O)(=O)NCc2cc(OC)c(OC)c(OC)c2)cc1Cl. The maximum absolute atomic E-state index is 12.5. The number of benzene rings is 2. The maximum Gasteiger partial charge on any atom is 0.240 e. The Kier molecular flexibility index (Phi) is 6.57. The van der Waals surface area contributed by atoms with Crippen LogP contribution < -0.4 is 23.7 Å². The van der Waals surface area contributed by atoms with Gasteiger partial charge in [0.05, 0.1) is 38.4 Å². The molecular formula is C17H20ClNO6S. The quantitative estimate of drug-likeness (QED) is 0.732. The summed E-state index contributed by atoms with van der Waals surface area (Å²) >= 11 is 6.00. The minimum Gasteiger partial charge on any atom is -0.495 e. The molecule has 0 radical (unpaired) electrons. The summed E-state index contributed by atoms with van der Waals surface area (Å²) in [6.07, 6.45) is 0. The van der Waals surface area contributed by atoms with E-state index in [1.807, 2.05) is 0 Å². The molecule has 2 aromatic rings. The van der Waals surface area contributed by atoms with Crippen molar-refractivity contribution in [3.05, 3.63) is 40.9 Å². The fourth-order valence-corrected chi connectivity index (χ4v) is 3.68. The lowest BCUT2D eigenvalue weighted by atomic mass is 10.2. The van der Waals surface area contributed by atoms with Crippen molar-refractivity contribution in [2.45, 2.75) is 11.4 Å². The summed E-state index contributed by atoms with van der Waals surface area (Å²) in [7, 11) is 2.17. The smallest absolute Gasteiger partial charge is 0.240 e. The van der Waals surface area contributed by atoms with E-state index in [4.69, 9.17) is 30.5 Å². The van der Waals surface area contributed by atoms with Gasteiger partial charge in [-0.25, -0.2) is 13.1 Å². The van der Waals surface area contributed by atoms with E-state index in [0.717, 1.165) is 0 Å². The topological polar surface area (TPSA) is 83.1 Å². The molecule has 0 amide bonds. The first-order valence-electron chi connectivity index (χ1n) is 7.48. The number of sulfonamides is 1. The third-order valence-electron chi connectivity index (χ3n) is 3.62. The molecule has 1 N–H and O–H groups in total. The summed E-state index contributed by atoms with van der Waals surface area (Å²) in [6.45, 7) is 0.0305. The van der Waals surface area contributed by atoms with Crippen molar-refractivity contribution in [2.24, 2.45) is 0 Å². The largest absolute Gasteiger partial charge is 0.495 e. The number of methoxy groups -OCH3 is 4. The second-order valence-corrected chi connectivity index (χ2v) is 7.33. The Morgan fingerprint density at radius 2 is 1.46 bits per heavy atom. The van der Waals surface area contributed by atoms with Crippen LogP contribution in [0.2, 0.25) is 5.02 Å². The van der Waals surface area contributed by atoms with E-state index in [-0.39, 0.29) is 16.5 Å². The van der Waals surface area contributed by atoms with Crippen LogP contribution in [0, 0.1) is 0 Å². The monoisotopic (exact) mass is 401 g/mol. The van der Waals surface area contributed by atoms with Gasteiger partial charge in [0.15, 0.2) is 11.5 Å². The van der Waals surface area contributed by atoms with Crippen molar-refractivity contribution in [1.29, 1.82) is 0 Å². The fourth-order valence-electron chi connectivity index (χ4n) is 2.31. The highest BCUT2D eigenvalue weighted by molar-refractivity contribution is 7.89. The maximum atomic E-state index is 12.5. The summed E-state index contributed by atoms with van der Waals surface area (Å²) in [5.74, 6) is 1.71. The third-order valence-corrected chi connectivity index (χ3v) is 5.32. The molecule has 0 aliphatic heterocycles. The summed E-state index contributed by atoms with van der Waals surface area (Å²) < 4.78 is 48.3. The van der Waals surface area contributed by atoms with E-state index in [1.165, 1.54) is 46.6 Å². The molecule has 0 aliphatic rings. The predicted molar refractivity (Wildman–Crippen MR) is 98.1 cm³/mol. The van der Waals surface area contributed by atoms with Crippen molar-refractivity contribution in [2.75, 3.05) is 28.4 Å². The zero-order chi connectivity index (χ0) is 19.3. The molecule has 7 nitrogen and oxygen atoms in total. The average Bonchev–Trinajstić information content (AvgIpc) is 2.65. The van der Waals surface area contributed by atoms with Gasteiger partial charge in [0.2, 0.25) is 15.8 Å². The van der Waals surface area contributed by atoms with Crippen LogP contribution in [0.3, 0.4) is 0 Å². The lowest BCUT2D eigenvalue weighted by Gasteiger charge is -2.14. The molecule has 2 rings (SSSR count). The third kappa shape index (κ3) is 4.32. The van der Waals surface area contributed by atoms with E-state index in [2.05, 4.69) is 4.72 Å². The average molecular weight is 402 g/mol. The Labute approximate surface area is 157 Å². The van der Waals surface area contributed by atoms with Crippen LogP contribution in [0.25, 0.3) is 0 Å². The van der Waals surface area contributed by atoms with E-state index >= 15 is 0 Å². The Bertz CT molecular complexity index is 860. The molecule has 0 aromatic heterocycles. The van der Waals surface area contributed by atoms with Crippen molar-refractivity contribution in [3.8, 4) is 23.0 Å². The van der Waals surface area contributed by atoms with Crippen LogP contribution in [0.5, 0.6) is 23.0 Å². The zero-order valence-electron chi connectivity index (χ0n) is 14.8. The van der Waals surface area contributed by atoms with Crippen molar-refractivity contribution >= 4 is 21.6 Å². The van der Waals surface area contributed by atoms with E-state index in [0.29, 0.717) is 28.6 Å². The standard InChI is InChI=1S/C17H20ClNO6S/c1-22-14-6-5-12(9-13(14)18)26(20,21)19-10-11-7-15(23-2)17(25-4)16(8-11)24-3/h5-9,19H,10H2,1-4H3. The Morgan fingerprint density at radius 1 is 0.885 bits per heavy atom. The van der Waals surface area contributed by atoms with Crippen molar-refractivity contribution in [3.63, 3.8) is 0 Å². The summed E-state index contributed by atoms with van der Waals surface area (Å²) in [6, 6.07) is 7.59. The molecular weight excluding hydrogens is 382 g/mol. The lowest BCUT2D eigenvalue weighted by molar-refractivity contribution is 0.323. The van der Waals surface area contributed by atoms with Gasteiger partial charge < -0.3 is 18.9 Å². The molecule has 2 aromatic carbocycles. The summed E-state index contributed by atoms with van der Waals surface area (Å²) in [5.41, 5.74) is 0.641. The molecule has 0 heterocycles. The minimum absolute atomic E-state index is 0.0305. The number of halogens is 1. The van der Waals surface area contributed by atoms with Gasteiger partial charge in [0.25, 0.3) is 0 Å². The highest BCUT2D eigenvalue weighted by atomic mass is 35.5. The van der Waals surface area contributed by atoms with E-state index < -0.39 is 10.0 Å². The summed E-state index contributed by atoms with van der Waals surface area (Å²) in [4.78, 5) is 0.0377. The van der Waals surface area contributed by atoms with Gasteiger partial charge in [-0.2, -0.15) is 0 Å². The number of hydrogen-bond donors (Lipinski definition) is 1. The summed E-state index contributed by atoms with van der Waals surface area (Å²) in [5, 5.41) is 0.211. The highest BCUT2D eigenvalue weighted by Gasteiger charge is 2.18. The Balaban J connectivity index is 2.25. The predicted octanol–water partition coefficient (Wildman–Crippen LogP) is 2.85. The molecule has 0 aliphatic carbocycles. The lowest BCUT2D eigenvalue weighted by Crippen LogP contribution is -2.23. The normalized spacial score (nSPS) is 11.1. The number of hydrogen-bond acceptors (Lipinski definition) is 6. The molecule has 26 heavy (non-hydrogen) atoms. The first-order valence-corrected chi connectivity index (χ1v) is 9.34. The van der Waals surface area contributed by atoms with Crippen LogP contribution in [0.4, 0.5) is 0 Å². The molecule has 0 unspecified atom stereocenters. The van der Waals surface area contributed by atoms with Gasteiger partial charge in [-0.15, -0.1) is 0 Å². The van der Waals surface area contributed by atoms with E-state index in [9.17, 15) is 8.42 Å². The molecule has 0 saturated heterocycles.